The highest BCUT2D eigenvalue weighted by atomic mass is 32.2. The van der Waals surface area contributed by atoms with Crippen molar-refractivity contribution in [2.45, 2.75) is 62.3 Å². The third-order valence-electron chi connectivity index (χ3n) is 7.11. The van der Waals surface area contributed by atoms with Crippen LogP contribution in [0.3, 0.4) is 0 Å². The molecule has 2 amide bonds. The summed E-state index contributed by atoms with van der Waals surface area (Å²) < 4.78 is 17.1. The summed E-state index contributed by atoms with van der Waals surface area (Å²) in [5.74, 6) is 0.669. The van der Waals surface area contributed by atoms with E-state index in [0.29, 0.717) is 16.9 Å². The number of rotatable bonds is 5. The van der Waals surface area contributed by atoms with Gasteiger partial charge in [-0.2, -0.15) is 0 Å². The lowest BCUT2D eigenvalue weighted by Crippen LogP contribution is -2.22. The largest absolute Gasteiger partial charge is 0.354 e. The van der Waals surface area contributed by atoms with Crippen molar-refractivity contribution < 1.29 is 9.00 Å². The zero-order chi connectivity index (χ0) is 22.5. The summed E-state index contributed by atoms with van der Waals surface area (Å²) in [5, 5.41) is 9.03. The molecule has 3 N–H and O–H groups in total. The van der Waals surface area contributed by atoms with Crippen molar-refractivity contribution in [1.82, 2.24) is 4.90 Å². The van der Waals surface area contributed by atoms with Crippen molar-refractivity contribution >= 4 is 21.6 Å². The third-order valence-corrected chi connectivity index (χ3v) is 8.49. The van der Waals surface area contributed by atoms with E-state index in [1.807, 2.05) is 12.1 Å². The van der Waals surface area contributed by atoms with Crippen LogP contribution in [0.5, 0.6) is 0 Å². The number of nitrogens with zero attached hydrogens (tertiary/aromatic N) is 2. The number of hydrogen-bond donors (Lipinski definition) is 2. The van der Waals surface area contributed by atoms with Crippen molar-refractivity contribution in [1.29, 1.82) is 0 Å². The summed E-state index contributed by atoms with van der Waals surface area (Å²) in [6.45, 7) is 0. The van der Waals surface area contributed by atoms with Crippen molar-refractivity contribution in [2.24, 2.45) is 15.4 Å². The molecule has 0 heterocycles. The Kier molecular flexibility index (Phi) is 5.60. The van der Waals surface area contributed by atoms with Gasteiger partial charge in [0.25, 0.3) is 0 Å². The van der Waals surface area contributed by atoms with Gasteiger partial charge in [0, 0.05) is 11.7 Å². The van der Waals surface area contributed by atoms with E-state index in [2.05, 4.69) is 34.7 Å². The molecular formula is C25H32N4O2S. The number of anilines is 1. The summed E-state index contributed by atoms with van der Waals surface area (Å²) in [5.41, 5.74) is 7.17. The Labute approximate surface area is 190 Å². The number of urea groups is 1. The average molecular weight is 453 g/mol. The predicted molar refractivity (Wildman–Crippen MR) is 128 cm³/mol. The standard InChI is InChI=1S/C25H32N4O2S/c1-29(2)24(16-9-10-16)17-11-13-20(14-12-17)32(26,31)28-25(30)27-23-21-7-3-5-18(21)15-19-6-4-8-22(19)23/h11-16,24H,3-10H2,1-2H3,(H3,26,27,28,30,31)/t24-,32?/m0/s1. The first-order chi connectivity index (χ1) is 15.3. The van der Waals surface area contributed by atoms with E-state index in [0.717, 1.165) is 44.2 Å². The molecule has 5 rings (SSSR count). The number of aryl methyl sites for hydroxylation is 2. The fourth-order valence-electron chi connectivity index (χ4n) is 5.54. The van der Waals surface area contributed by atoms with E-state index < -0.39 is 15.9 Å². The van der Waals surface area contributed by atoms with E-state index in [1.165, 1.54) is 40.7 Å². The van der Waals surface area contributed by atoms with Gasteiger partial charge in [0.15, 0.2) is 0 Å². The van der Waals surface area contributed by atoms with Crippen LogP contribution >= 0.6 is 0 Å². The zero-order valence-electron chi connectivity index (χ0n) is 18.9. The highest BCUT2D eigenvalue weighted by Gasteiger charge is 2.33. The van der Waals surface area contributed by atoms with Gasteiger partial charge < -0.3 is 10.2 Å². The molecule has 32 heavy (non-hydrogen) atoms. The molecule has 2 aromatic carbocycles. The molecule has 2 atom stereocenters. The van der Waals surface area contributed by atoms with Crippen LogP contribution in [0.25, 0.3) is 0 Å². The number of carbonyl (C=O) groups is 1. The molecule has 3 aliphatic rings. The second kappa shape index (κ2) is 8.28. The number of hydrogen-bond acceptors (Lipinski definition) is 3. The number of fused-ring (bicyclic) bond motifs is 2. The normalized spacial score (nSPS) is 19.9. The van der Waals surface area contributed by atoms with Gasteiger partial charge in [-0.05, 0) is 111 Å². The molecule has 0 aromatic heterocycles. The fourth-order valence-corrected chi connectivity index (χ4v) is 6.46. The summed E-state index contributed by atoms with van der Waals surface area (Å²) >= 11 is 0. The molecule has 0 aliphatic heterocycles. The molecule has 0 spiro atoms. The number of nitrogens with one attached hydrogen (secondary N) is 1. The van der Waals surface area contributed by atoms with E-state index in [1.54, 1.807) is 12.1 Å². The van der Waals surface area contributed by atoms with Gasteiger partial charge in [-0.25, -0.2) is 14.1 Å². The topological polar surface area (TPSA) is 87.8 Å². The monoisotopic (exact) mass is 452 g/mol. The van der Waals surface area contributed by atoms with Gasteiger partial charge in [0.1, 0.15) is 9.92 Å². The van der Waals surface area contributed by atoms with E-state index in [9.17, 15) is 9.00 Å². The number of amides is 2. The predicted octanol–water partition coefficient (Wildman–Crippen LogP) is 4.61. The first-order valence-corrected chi connectivity index (χ1v) is 13.2. The van der Waals surface area contributed by atoms with Crippen LogP contribution in [0.4, 0.5) is 10.5 Å². The molecule has 2 aromatic rings. The Morgan fingerprint density at radius 3 is 2.19 bits per heavy atom. The quantitative estimate of drug-likeness (QED) is 0.694. The van der Waals surface area contributed by atoms with Gasteiger partial charge in [-0.15, -0.1) is 4.36 Å². The second-order valence-corrected chi connectivity index (χ2v) is 11.4. The Morgan fingerprint density at radius 2 is 1.66 bits per heavy atom. The van der Waals surface area contributed by atoms with Crippen molar-refractivity contribution in [3.05, 3.63) is 58.1 Å². The Balaban J connectivity index is 1.39. The Hall–Kier alpha value is -2.22. The van der Waals surface area contributed by atoms with Gasteiger partial charge in [-0.3, -0.25) is 0 Å². The molecule has 1 unspecified atom stereocenters. The summed E-state index contributed by atoms with van der Waals surface area (Å²) in [6, 6.07) is 9.48. The minimum atomic E-state index is -3.33. The molecule has 7 heteroatoms. The molecule has 170 valence electrons. The van der Waals surface area contributed by atoms with Gasteiger partial charge in [0.05, 0.1) is 4.90 Å². The highest BCUT2D eigenvalue weighted by molar-refractivity contribution is 7.91. The first-order valence-electron chi connectivity index (χ1n) is 11.6. The van der Waals surface area contributed by atoms with Crippen molar-refractivity contribution in [3.8, 4) is 0 Å². The zero-order valence-corrected chi connectivity index (χ0v) is 19.7. The SMILES string of the molecule is CN(C)[C@H](c1ccc(S(N)(=O)=NC(=O)Nc2c3c(cc4c2CCC4)CCC3)cc1)C1CC1. The molecule has 0 radical (unpaired) electrons. The van der Waals surface area contributed by atoms with E-state index in [4.69, 9.17) is 5.14 Å². The lowest BCUT2D eigenvalue weighted by molar-refractivity contribution is 0.260. The molecule has 6 nitrogen and oxygen atoms in total. The highest BCUT2D eigenvalue weighted by Crippen LogP contribution is 2.43. The van der Waals surface area contributed by atoms with Crippen LogP contribution in [0.2, 0.25) is 0 Å². The number of benzene rings is 2. The van der Waals surface area contributed by atoms with Crippen molar-refractivity contribution in [2.75, 3.05) is 19.4 Å². The summed E-state index contributed by atoms with van der Waals surface area (Å²) in [7, 11) is 0.840. The van der Waals surface area contributed by atoms with Crippen LogP contribution in [-0.2, 0) is 35.6 Å². The minimum absolute atomic E-state index is 0.348. The molecule has 3 aliphatic carbocycles. The molecule has 0 saturated heterocycles. The molecule has 1 fully saturated rings. The van der Waals surface area contributed by atoms with Crippen LogP contribution < -0.4 is 10.5 Å². The van der Waals surface area contributed by atoms with Gasteiger partial charge >= 0.3 is 6.03 Å². The van der Waals surface area contributed by atoms with Gasteiger partial charge in [-0.1, -0.05) is 18.2 Å². The first kappa shape index (κ1) is 21.6. The number of carbonyl (C=O) groups excluding carboxylic acids is 1. The Bertz CT molecular complexity index is 1140. The van der Waals surface area contributed by atoms with Crippen LogP contribution in [0.1, 0.15) is 59.5 Å². The molecule has 1 saturated carbocycles. The maximum absolute atomic E-state index is 13.2. The lowest BCUT2D eigenvalue weighted by atomic mass is 9.99. The fraction of sp³-hybridized carbons (Fsp3) is 0.480. The van der Waals surface area contributed by atoms with Crippen LogP contribution in [-0.4, -0.2) is 29.2 Å². The average Bonchev–Trinajstić information content (AvgIpc) is 3.25. The van der Waals surface area contributed by atoms with E-state index in [-0.39, 0.29) is 0 Å². The molecule has 0 bridgehead atoms. The second-order valence-electron chi connectivity index (χ2n) is 9.64. The molecular weight excluding hydrogens is 420 g/mol. The maximum atomic E-state index is 13.2. The summed E-state index contributed by atoms with van der Waals surface area (Å²) in [6.07, 6.45) is 8.72. The third kappa shape index (κ3) is 4.09. The van der Waals surface area contributed by atoms with Crippen molar-refractivity contribution in [3.63, 3.8) is 0 Å². The van der Waals surface area contributed by atoms with E-state index >= 15 is 0 Å². The smallest absolute Gasteiger partial charge is 0.305 e. The Morgan fingerprint density at radius 1 is 1.06 bits per heavy atom. The van der Waals surface area contributed by atoms with Crippen LogP contribution in [0, 0.1) is 5.92 Å². The lowest BCUT2D eigenvalue weighted by Gasteiger charge is -2.24. The maximum Gasteiger partial charge on any atom is 0.354 e. The van der Waals surface area contributed by atoms with Gasteiger partial charge in [0.2, 0.25) is 0 Å². The van der Waals surface area contributed by atoms with Crippen LogP contribution in [0.15, 0.2) is 39.6 Å². The number of nitrogens with two attached hydrogens (primary N) is 1. The minimum Gasteiger partial charge on any atom is -0.305 e. The summed E-state index contributed by atoms with van der Waals surface area (Å²) in [4.78, 5) is 15.4.